The molecule has 0 unspecified atom stereocenters. The second-order valence-electron chi connectivity index (χ2n) is 3.69. The van der Waals surface area contributed by atoms with Gasteiger partial charge in [0, 0.05) is 19.1 Å². The zero-order valence-electron chi connectivity index (χ0n) is 8.22. The highest BCUT2D eigenvalue weighted by molar-refractivity contribution is 5.69. The Labute approximate surface area is 86.5 Å². The first-order chi connectivity index (χ1) is 7.43. The predicted octanol–water partition coefficient (Wildman–Crippen LogP) is 1.51. The summed E-state index contributed by atoms with van der Waals surface area (Å²) in [6.07, 6.45) is 5.31. The number of ether oxygens (including phenoxy) is 1. The lowest BCUT2D eigenvalue weighted by Crippen LogP contribution is -2.16. The summed E-state index contributed by atoms with van der Waals surface area (Å²) in [6.45, 7) is 1.60. The molecule has 0 saturated carbocycles. The standard InChI is InChI=1S/C10H11N3O2/c1-3-14-4-2-7(1)10-11-6-9-8(13-10)5-12-15-9/h5-7H,1-4H2. The average molecular weight is 205 g/mol. The van der Waals surface area contributed by atoms with E-state index < -0.39 is 0 Å². The van der Waals surface area contributed by atoms with Crippen molar-refractivity contribution in [3.05, 3.63) is 18.2 Å². The van der Waals surface area contributed by atoms with Crippen LogP contribution in [0.25, 0.3) is 11.1 Å². The highest BCUT2D eigenvalue weighted by Crippen LogP contribution is 2.24. The number of hydrogen-bond donors (Lipinski definition) is 0. The molecule has 0 atom stereocenters. The Balaban J connectivity index is 1.95. The van der Waals surface area contributed by atoms with Crippen molar-refractivity contribution in [3.63, 3.8) is 0 Å². The Bertz CT molecular complexity index is 462. The molecule has 78 valence electrons. The Kier molecular flexibility index (Phi) is 2.10. The minimum absolute atomic E-state index is 0.415. The van der Waals surface area contributed by atoms with Crippen LogP contribution in [0, 0.1) is 0 Å². The molecule has 5 heteroatoms. The molecule has 0 radical (unpaired) electrons. The molecule has 2 aromatic rings. The van der Waals surface area contributed by atoms with Gasteiger partial charge in [0.1, 0.15) is 11.3 Å². The van der Waals surface area contributed by atoms with E-state index in [1.54, 1.807) is 12.4 Å². The third-order valence-corrected chi connectivity index (χ3v) is 2.71. The second-order valence-corrected chi connectivity index (χ2v) is 3.69. The van der Waals surface area contributed by atoms with Gasteiger partial charge in [-0.3, -0.25) is 0 Å². The summed E-state index contributed by atoms with van der Waals surface area (Å²) in [4.78, 5) is 8.74. The van der Waals surface area contributed by atoms with E-state index in [2.05, 4.69) is 15.1 Å². The Morgan fingerprint density at radius 2 is 2.07 bits per heavy atom. The Morgan fingerprint density at radius 3 is 2.93 bits per heavy atom. The molecule has 5 nitrogen and oxygen atoms in total. The molecule has 1 fully saturated rings. The summed E-state index contributed by atoms with van der Waals surface area (Å²) in [5.41, 5.74) is 1.43. The highest BCUT2D eigenvalue weighted by Gasteiger charge is 2.19. The van der Waals surface area contributed by atoms with E-state index in [4.69, 9.17) is 9.26 Å². The number of rotatable bonds is 1. The van der Waals surface area contributed by atoms with Gasteiger partial charge in [-0.2, -0.15) is 0 Å². The van der Waals surface area contributed by atoms with E-state index in [9.17, 15) is 0 Å². The first-order valence-electron chi connectivity index (χ1n) is 5.08. The van der Waals surface area contributed by atoms with Crippen molar-refractivity contribution in [3.8, 4) is 0 Å². The smallest absolute Gasteiger partial charge is 0.203 e. The molecule has 2 aromatic heterocycles. The van der Waals surface area contributed by atoms with E-state index in [1.165, 1.54) is 0 Å². The van der Waals surface area contributed by atoms with Gasteiger partial charge in [0.05, 0.1) is 12.4 Å². The first kappa shape index (κ1) is 8.79. The summed E-state index contributed by atoms with van der Waals surface area (Å²) >= 11 is 0. The van der Waals surface area contributed by atoms with Crippen molar-refractivity contribution in [2.24, 2.45) is 0 Å². The van der Waals surface area contributed by atoms with Crippen LogP contribution >= 0.6 is 0 Å². The van der Waals surface area contributed by atoms with E-state index >= 15 is 0 Å². The second kappa shape index (κ2) is 3.58. The molecule has 0 aromatic carbocycles. The molecule has 0 amide bonds. The van der Waals surface area contributed by atoms with Crippen LogP contribution in [0.2, 0.25) is 0 Å². The minimum Gasteiger partial charge on any atom is -0.381 e. The first-order valence-corrected chi connectivity index (χ1v) is 5.08. The maximum atomic E-state index is 5.31. The van der Waals surface area contributed by atoms with Crippen LogP contribution in [0.5, 0.6) is 0 Å². The summed E-state index contributed by atoms with van der Waals surface area (Å²) in [7, 11) is 0. The van der Waals surface area contributed by atoms with Crippen LogP contribution in [0.4, 0.5) is 0 Å². The van der Waals surface area contributed by atoms with Gasteiger partial charge in [0.25, 0.3) is 0 Å². The predicted molar refractivity (Wildman–Crippen MR) is 52.4 cm³/mol. The zero-order valence-corrected chi connectivity index (χ0v) is 8.22. The summed E-state index contributed by atoms with van der Waals surface area (Å²) < 4.78 is 10.3. The number of nitrogens with zero attached hydrogens (tertiary/aromatic N) is 3. The lowest BCUT2D eigenvalue weighted by Gasteiger charge is -2.20. The summed E-state index contributed by atoms with van der Waals surface area (Å²) in [6, 6.07) is 0. The lowest BCUT2D eigenvalue weighted by atomic mass is 9.99. The van der Waals surface area contributed by atoms with Crippen LogP contribution in [0.15, 0.2) is 16.9 Å². The molecule has 1 aliphatic heterocycles. The molecule has 3 rings (SSSR count). The molecule has 3 heterocycles. The molecule has 0 spiro atoms. The van der Waals surface area contributed by atoms with Crippen LogP contribution in [0.1, 0.15) is 24.6 Å². The summed E-state index contributed by atoms with van der Waals surface area (Å²) in [5, 5.41) is 3.69. The number of fused-ring (bicyclic) bond motifs is 1. The maximum absolute atomic E-state index is 5.31. The molecule has 15 heavy (non-hydrogen) atoms. The van der Waals surface area contributed by atoms with Gasteiger partial charge < -0.3 is 9.26 Å². The Morgan fingerprint density at radius 1 is 1.20 bits per heavy atom. The third kappa shape index (κ3) is 1.59. The largest absolute Gasteiger partial charge is 0.381 e. The quantitative estimate of drug-likeness (QED) is 0.706. The molecular weight excluding hydrogens is 194 g/mol. The highest BCUT2D eigenvalue weighted by atomic mass is 16.5. The third-order valence-electron chi connectivity index (χ3n) is 2.71. The van der Waals surface area contributed by atoms with E-state index in [-0.39, 0.29) is 0 Å². The van der Waals surface area contributed by atoms with Gasteiger partial charge in [0.15, 0.2) is 0 Å². The molecular formula is C10H11N3O2. The normalized spacial score (nSPS) is 18.4. The molecule has 0 N–H and O–H groups in total. The van der Waals surface area contributed by atoms with Crippen molar-refractivity contribution in [2.75, 3.05) is 13.2 Å². The molecule has 0 bridgehead atoms. The van der Waals surface area contributed by atoms with Crippen molar-refractivity contribution < 1.29 is 9.26 Å². The maximum Gasteiger partial charge on any atom is 0.203 e. The monoisotopic (exact) mass is 205 g/mol. The van der Waals surface area contributed by atoms with Gasteiger partial charge >= 0.3 is 0 Å². The van der Waals surface area contributed by atoms with Crippen molar-refractivity contribution >= 4 is 11.1 Å². The molecule has 1 aliphatic rings. The van der Waals surface area contributed by atoms with Gasteiger partial charge in [-0.15, -0.1) is 0 Å². The van der Waals surface area contributed by atoms with Crippen molar-refractivity contribution in [2.45, 2.75) is 18.8 Å². The molecule has 0 aliphatic carbocycles. The Hall–Kier alpha value is -1.49. The van der Waals surface area contributed by atoms with E-state index in [0.29, 0.717) is 11.5 Å². The van der Waals surface area contributed by atoms with Crippen LogP contribution < -0.4 is 0 Å². The van der Waals surface area contributed by atoms with Crippen molar-refractivity contribution in [1.29, 1.82) is 0 Å². The van der Waals surface area contributed by atoms with Gasteiger partial charge in [-0.25, -0.2) is 9.97 Å². The van der Waals surface area contributed by atoms with Crippen molar-refractivity contribution in [1.82, 2.24) is 15.1 Å². The van der Waals surface area contributed by atoms with E-state index in [1.807, 2.05) is 0 Å². The lowest BCUT2D eigenvalue weighted by molar-refractivity contribution is 0.0836. The fourth-order valence-electron chi connectivity index (χ4n) is 1.85. The number of aromatic nitrogens is 3. The average Bonchev–Trinajstić information content (AvgIpc) is 2.77. The zero-order chi connectivity index (χ0) is 10.1. The van der Waals surface area contributed by atoms with Crippen LogP contribution in [-0.2, 0) is 4.74 Å². The van der Waals surface area contributed by atoms with Crippen LogP contribution in [0.3, 0.4) is 0 Å². The fourth-order valence-corrected chi connectivity index (χ4v) is 1.85. The SMILES string of the molecule is c1noc2cnc(C3CCOCC3)nc12. The topological polar surface area (TPSA) is 61.0 Å². The van der Waals surface area contributed by atoms with Gasteiger partial charge in [-0.1, -0.05) is 5.16 Å². The number of hydrogen-bond acceptors (Lipinski definition) is 5. The van der Waals surface area contributed by atoms with Gasteiger partial charge in [0.2, 0.25) is 5.58 Å². The van der Waals surface area contributed by atoms with E-state index in [0.717, 1.165) is 37.4 Å². The minimum atomic E-state index is 0.415. The summed E-state index contributed by atoms with van der Waals surface area (Å²) in [5.74, 6) is 1.30. The fraction of sp³-hybridized carbons (Fsp3) is 0.500. The molecule has 1 saturated heterocycles. The van der Waals surface area contributed by atoms with Crippen LogP contribution in [-0.4, -0.2) is 28.3 Å². The van der Waals surface area contributed by atoms with Gasteiger partial charge in [-0.05, 0) is 12.8 Å².